The summed E-state index contributed by atoms with van der Waals surface area (Å²) in [6.07, 6.45) is 6.70. The van der Waals surface area contributed by atoms with Crippen molar-refractivity contribution in [2.24, 2.45) is 11.8 Å². The average molecular weight is 379 g/mol. The zero-order valence-electron chi connectivity index (χ0n) is 13.6. The maximum absolute atomic E-state index is 12.7. The first-order valence-electron chi connectivity index (χ1n) is 8.52. The average Bonchev–Trinajstić information content (AvgIpc) is 2.52. The standard InChI is InChI=1S/C19H23Cl2F3/c20-12-11-15-7-5-14(6-8-15)3-1-2-4-16-9-10-17(18(21)13-16)19(22,23)24/h9-15H,1-8H2/b12-11+/t14-,15-. The first-order chi connectivity index (χ1) is 11.4. The first-order valence-corrected chi connectivity index (χ1v) is 9.34. The molecular formula is C19H23Cl2F3. The van der Waals surface area contributed by atoms with Gasteiger partial charge < -0.3 is 0 Å². The van der Waals surface area contributed by atoms with E-state index in [1.165, 1.54) is 38.2 Å². The molecule has 1 aromatic rings. The SMILES string of the molecule is FC(F)(F)c1ccc(CCCC[C@H]2CC[C@H](/C=C/Cl)CC2)cc1Cl. The Morgan fingerprint density at radius 1 is 1.08 bits per heavy atom. The van der Waals surface area contributed by atoms with Crippen LogP contribution < -0.4 is 0 Å². The summed E-state index contributed by atoms with van der Waals surface area (Å²) < 4.78 is 38.0. The molecule has 0 amide bonds. The number of alkyl halides is 3. The zero-order valence-corrected chi connectivity index (χ0v) is 15.1. The molecule has 0 bridgehead atoms. The summed E-state index contributed by atoms with van der Waals surface area (Å²) in [5.41, 5.74) is 1.75. The van der Waals surface area contributed by atoms with Gasteiger partial charge in [-0.1, -0.05) is 48.2 Å². The molecular weight excluding hydrogens is 356 g/mol. The highest BCUT2D eigenvalue weighted by atomic mass is 35.5. The van der Waals surface area contributed by atoms with Gasteiger partial charge in [-0.15, -0.1) is 0 Å². The number of benzene rings is 1. The van der Waals surface area contributed by atoms with Gasteiger partial charge in [0.1, 0.15) is 0 Å². The monoisotopic (exact) mass is 378 g/mol. The van der Waals surface area contributed by atoms with Gasteiger partial charge in [-0.25, -0.2) is 0 Å². The molecule has 134 valence electrons. The second kappa shape index (κ2) is 9.15. The van der Waals surface area contributed by atoms with E-state index in [4.69, 9.17) is 23.2 Å². The van der Waals surface area contributed by atoms with E-state index in [-0.39, 0.29) is 5.02 Å². The predicted octanol–water partition coefficient (Wildman–Crippen LogP) is 7.63. The van der Waals surface area contributed by atoms with E-state index in [2.05, 4.69) is 6.08 Å². The topological polar surface area (TPSA) is 0 Å². The van der Waals surface area contributed by atoms with Crippen molar-refractivity contribution in [3.63, 3.8) is 0 Å². The van der Waals surface area contributed by atoms with Gasteiger partial charge in [0.2, 0.25) is 0 Å². The highest BCUT2D eigenvalue weighted by Gasteiger charge is 2.32. The second-order valence-electron chi connectivity index (χ2n) is 6.66. The molecule has 0 saturated heterocycles. The summed E-state index contributed by atoms with van der Waals surface area (Å²) >= 11 is 11.4. The molecule has 1 fully saturated rings. The van der Waals surface area contributed by atoms with Crippen molar-refractivity contribution < 1.29 is 13.2 Å². The molecule has 0 N–H and O–H groups in total. The van der Waals surface area contributed by atoms with Crippen LogP contribution in [-0.2, 0) is 12.6 Å². The molecule has 24 heavy (non-hydrogen) atoms. The van der Waals surface area contributed by atoms with Gasteiger partial charge in [0.15, 0.2) is 0 Å². The van der Waals surface area contributed by atoms with Gasteiger partial charge in [-0.05, 0) is 68.1 Å². The minimum Gasteiger partial charge on any atom is -0.166 e. The van der Waals surface area contributed by atoms with Crippen LogP contribution in [0.5, 0.6) is 0 Å². The van der Waals surface area contributed by atoms with Gasteiger partial charge in [0, 0.05) is 5.54 Å². The lowest BCUT2D eigenvalue weighted by atomic mass is 9.80. The summed E-state index contributed by atoms with van der Waals surface area (Å²) in [7, 11) is 0. The van der Waals surface area contributed by atoms with Crippen LogP contribution in [0.25, 0.3) is 0 Å². The summed E-state index contributed by atoms with van der Waals surface area (Å²) in [5, 5.41) is -0.203. The molecule has 1 saturated carbocycles. The van der Waals surface area contributed by atoms with Crippen LogP contribution in [0.15, 0.2) is 29.8 Å². The Balaban J connectivity index is 1.71. The quantitative estimate of drug-likeness (QED) is 0.446. The molecule has 5 heteroatoms. The van der Waals surface area contributed by atoms with Crippen LogP contribution in [-0.4, -0.2) is 0 Å². The lowest BCUT2D eigenvalue weighted by Crippen LogP contribution is -2.13. The molecule has 0 unspecified atom stereocenters. The van der Waals surface area contributed by atoms with E-state index in [0.717, 1.165) is 36.8 Å². The Morgan fingerprint density at radius 3 is 2.38 bits per heavy atom. The molecule has 2 rings (SSSR count). The van der Waals surface area contributed by atoms with Crippen LogP contribution >= 0.6 is 23.2 Å². The molecule has 1 aliphatic rings. The van der Waals surface area contributed by atoms with Crippen molar-refractivity contribution in [3.05, 3.63) is 46.0 Å². The summed E-state index contributed by atoms with van der Waals surface area (Å²) in [5.74, 6) is 1.41. The fraction of sp³-hybridized carbons (Fsp3) is 0.579. The first kappa shape index (κ1) is 19.7. The fourth-order valence-electron chi connectivity index (χ4n) is 3.48. The van der Waals surface area contributed by atoms with E-state index in [1.54, 1.807) is 11.6 Å². The van der Waals surface area contributed by atoms with Gasteiger partial charge in [0.05, 0.1) is 10.6 Å². The van der Waals surface area contributed by atoms with Crippen molar-refractivity contribution in [1.82, 2.24) is 0 Å². The van der Waals surface area contributed by atoms with Crippen molar-refractivity contribution in [1.29, 1.82) is 0 Å². The van der Waals surface area contributed by atoms with Gasteiger partial charge in [-0.3, -0.25) is 0 Å². The van der Waals surface area contributed by atoms with Gasteiger partial charge in [-0.2, -0.15) is 13.2 Å². The maximum atomic E-state index is 12.7. The molecule has 0 nitrogen and oxygen atoms in total. The van der Waals surface area contributed by atoms with Crippen molar-refractivity contribution in [2.45, 2.75) is 57.5 Å². The van der Waals surface area contributed by atoms with E-state index < -0.39 is 11.7 Å². The lowest BCUT2D eigenvalue weighted by Gasteiger charge is -2.26. The Hall–Kier alpha value is -0.670. The molecule has 1 aromatic carbocycles. The molecule has 0 aliphatic heterocycles. The highest BCUT2D eigenvalue weighted by molar-refractivity contribution is 6.31. The van der Waals surface area contributed by atoms with Crippen molar-refractivity contribution >= 4 is 23.2 Å². The van der Waals surface area contributed by atoms with Crippen molar-refractivity contribution in [3.8, 4) is 0 Å². The van der Waals surface area contributed by atoms with Crippen LogP contribution in [0.4, 0.5) is 13.2 Å². The molecule has 1 aliphatic carbocycles. The van der Waals surface area contributed by atoms with Crippen molar-refractivity contribution in [2.75, 3.05) is 0 Å². The number of aryl methyl sites for hydroxylation is 1. The highest BCUT2D eigenvalue weighted by Crippen LogP contribution is 2.35. The minimum atomic E-state index is -4.38. The molecule has 0 heterocycles. The third kappa shape index (κ3) is 6.00. The lowest BCUT2D eigenvalue weighted by molar-refractivity contribution is -0.137. The van der Waals surface area contributed by atoms with E-state index in [1.807, 2.05) is 0 Å². The maximum Gasteiger partial charge on any atom is 0.417 e. The van der Waals surface area contributed by atoms with Crippen LogP contribution in [0.1, 0.15) is 56.1 Å². The summed E-state index contributed by atoms with van der Waals surface area (Å²) in [6, 6.07) is 4.08. The van der Waals surface area contributed by atoms with Crippen LogP contribution in [0.2, 0.25) is 5.02 Å². The number of rotatable bonds is 6. The Kier molecular flexibility index (Phi) is 7.49. The largest absolute Gasteiger partial charge is 0.417 e. The van der Waals surface area contributed by atoms with Gasteiger partial charge >= 0.3 is 6.18 Å². The van der Waals surface area contributed by atoms with E-state index in [0.29, 0.717) is 5.92 Å². The normalized spacial score (nSPS) is 22.2. The Bertz CT molecular complexity index is 544. The molecule has 0 atom stereocenters. The Labute approximate surface area is 152 Å². The zero-order chi connectivity index (χ0) is 17.6. The number of halogens is 5. The van der Waals surface area contributed by atoms with Gasteiger partial charge in [0.25, 0.3) is 0 Å². The molecule has 0 radical (unpaired) electrons. The third-order valence-corrected chi connectivity index (χ3v) is 5.36. The van der Waals surface area contributed by atoms with Crippen LogP contribution in [0.3, 0.4) is 0 Å². The number of allylic oxidation sites excluding steroid dienone is 1. The van der Waals surface area contributed by atoms with Crippen LogP contribution in [0, 0.1) is 11.8 Å². The summed E-state index contributed by atoms with van der Waals surface area (Å²) in [4.78, 5) is 0. The predicted molar refractivity (Wildman–Crippen MR) is 94.5 cm³/mol. The van der Waals surface area contributed by atoms with E-state index in [9.17, 15) is 13.2 Å². The molecule has 0 spiro atoms. The minimum absolute atomic E-state index is 0.203. The smallest absolute Gasteiger partial charge is 0.166 e. The fourth-order valence-corrected chi connectivity index (χ4v) is 3.99. The number of hydrogen-bond acceptors (Lipinski definition) is 0. The Morgan fingerprint density at radius 2 is 1.79 bits per heavy atom. The number of unbranched alkanes of at least 4 members (excludes halogenated alkanes) is 1. The summed E-state index contributed by atoms with van der Waals surface area (Å²) in [6.45, 7) is 0. The third-order valence-electron chi connectivity index (χ3n) is 4.90. The second-order valence-corrected chi connectivity index (χ2v) is 7.32. The van der Waals surface area contributed by atoms with E-state index >= 15 is 0 Å². The molecule has 0 aromatic heterocycles. The number of hydrogen-bond donors (Lipinski definition) is 0.